The molecule has 0 aromatic carbocycles. The number of nitrogens with zero attached hydrogens (tertiary/aromatic N) is 1. The van der Waals surface area contributed by atoms with Gasteiger partial charge in [0.15, 0.2) is 0 Å². The summed E-state index contributed by atoms with van der Waals surface area (Å²) >= 11 is 3.43. The summed E-state index contributed by atoms with van der Waals surface area (Å²) < 4.78 is 5.40. The van der Waals surface area contributed by atoms with Crippen LogP contribution in [0.4, 0.5) is 0 Å². The minimum absolute atomic E-state index is 0.0464. The average Bonchev–Trinajstić information content (AvgIpc) is 2.75. The van der Waals surface area contributed by atoms with Crippen molar-refractivity contribution in [2.45, 2.75) is 31.9 Å². The van der Waals surface area contributed by atoms with Crippen LogP contribution in [-0.2, 0) is 10.3 Å². The highest BCUT2D eigenvalue weighted by molar-refractivity contribution is 7.98. The summed E-state index contributed by atoms with van der Waals surface area (Å²) in [6, 6.07) is 0.0464. The van der Waals surface area contributed by atoms with E-state index in [0.717, 1.165) is 22.9 Å². The lowest BCUT2D eigenvalue weighted by atomic mass is 10.1. The number of hydrogen-bond acceptors (Lipinski definition) is 5. The van der Waals surface area contributed by atoms with Crippen LogP contribution >= 0.6 is 23.1 Å². The first-order chi connectivity index (χ1) is 7.51. The molecule has 1 rings (SSSR count). The van der Waals surface area contributed by atoms with Gasteiger partial charge in [-0.25, -0.2) is 4.98 Å². The zero-order valence-corrected chi connectivity index (χ0v) is 12.0. The molecule has 0 bridgehead atoms. The number of hydrogen-bond donors (Lipinski definition) is 1. The van der Waals surface area contributed by atoms with E-state index in [0.29, 0.717) is 0 Å². The predicted molar refractivity (Wildman–Crippen MR) is 72.1 cm³/mol. The van der Waals surface area contributed by atoms with Crippen molar-refractivity contribution in [1.29, 1.82) is 0 Å². The molecular formula is C11H20N2OS2. The SMILES string of the molecule is COC(C)(C)c1nc(C(N)CCSC)cs1. The van der Waals surface area contributed by atoms with E-state index in [4.69, 9.17) is 10.5 Å². The van der Waals surface area contributed by atoms with E-state index in [1.165, 1.54) is 0 Å². The average molecular weight is 260 g/mol. The summed E-state index contributed by atoms with van der Waals surface area (Å²) in [5.74, 6) is 1.07. The Bertz CT molecular complexity index is 326. The highest BCUT2D eigenvalue weighted by atomic mass is 32.2. The van der Waals surface area contributed by atoms with E-state index in [1.807, 2.05) is 31.0 Å². The third-order valence-corrected chi connectivity index (χ3v) is 4.37. The van der Waals surface area contributed by atoms with Crippen LogP contribution in [0, 0.1) is 0 Å². The molecule has 0 aliphatic heterocycles. The van der Waals surface area contributed by atoms with E-state index in [2.05, 4.69) is 11.2 Å². The van der Waals surface area contributed by atoms with E-state index >= 15 is 0 Å². The summed E-state index contributed by atoms with van der Waals surface area (Å²) in [6.45, 7) is 4.03. The van der Waals surface area contributed by atoms with Gasteiger partial charge >= 0.3 is 0 Å². The van der Waals surface area contributed by atoms with Crippen LogP contribution in [-0.4, -0.2) is 24.1 Å². The second kappa shape index (κ2) is 6.00. The van der Waals surface area contributed by atoms with Crippen LogP contribution in [0.1, 0.15) is 37.0 Å². The van der Waals surface area contributed by atoms with Gasteiger partial charge in [0.1, 0.15) is 10.6 Å². The minimum atomic E-state index is -0.317. The van der Waals surface area contributed by atoms with Gasteiger partial charge in [0.05, 0.1) is 5.69 Å². The smallest absolute Gasteiger partial charge is 0.124 e. The molecule has 92 valence electrons. The minimum Gasteiger partial charge on any atom is -0.372 e. The molecular weight excluding hydrogens is 240 g/mol. The molecule has 5 heteroatoms. The Morgan fingerprint density at radius 1 is 1.62 bits per heavy atom. The first kappa shape index (κ1) is 14.0. The number of thioether (sulfide) groups is 1. The standard InChI is InChI=1S/C11H20N2OS2/c1-11(2,14-3)10-13-9(7-16-10)8(12)5-6-15-4/h7-8H,5-6,12H2,1-4H3. The van der Waals surface area contributed by atoms with Gasteiger partial charge in [0, 0.05) is 18.5 Å². The molecule has 0 radical (unpaired) electrons. The van der Waals surface area contributed by atoms with Gasteiger partial charge in [-0.2, -0.15) is 11.8 Å². The molecule has 1 unspecified atom stereocenters. The largest absolute Gasteiger partial charge is 0.372 e. The van der Waals surface area contributed by atoms with E-state index < -0.39 is 0 Å². The summed E-state index contributed by atoms with van der Waals surface area (Å²) in [5.41, 5.74) is 6.74. The lowest BCUT2D eigenvalue weighted by molar-refractivity contribution is 0.0189. The van der Waals surface area contributed by atoms with Gasteiger partial charge in [-0.1, -0.05) is 0 Å². The Morgan fingerprint density at radius 3 is 2.88 bits per heavy atom. The molecule has 1 aromatic heterocycles. The summed E-state index contributed by atoms with van der Waals surface area (Å²) in [6.07, 6.45) is 3.06. The molecule has 0 saturated heterocycles. The molecule has 0 spiro atoms. The number of rotatable bonds is 6. The first-order valence-corrected chi connectivity index (χ1v) is 7.54. The fraction of sp³-hybridized carbons (Fsp3) is 0.727. The summed E-state index contributed by atoms with van der Waals surface area (Å²) in [5, 5.41) is 3.03. The van der Waals surface area contributed by atoms with Crippen molar-refractivity contribution >= 4 is 23.1 Å². The van der Waals surface area contributed by atoms with Crippen molar-refractivity contribution in [3.05, 3.63) is 16.1 Å². The van der Waals surface area contributed by atoms with Gasteiger partial charge in [-0.3, -0.25) is 0 Å². The zero-order chi connectivity index (χ0) is 12.2. The van der Waals surface area contributed by atoms with Crippen LogP contribution in [0.15, 0.2) is 5.38 Å². The molecule has 16 heavy (non-hydrogen) atoms. The Kier molecular flexibility index (Phi) is 5.24. The maximum absolute atomic E-state index is 6.07. The van der Waals surface area contributed by atoms with Crippen LogP contribution < -0.4 is 5.73 Å². The zero-order valence-electron chi connectivity index (χ0n) is 10.3. The first-order valence-electron chi connectivity index (χ1n) is 5.27. The van der Waals surface area contributed by atoms with Gasteiger partial charge in [0.25, 0.3) is 0 Å². The van der Waals surface area contributed by atoms with Crippen LogP contribution in [0.3, 0.4) is 0 Å². The molecule has 0 aliphatic carbocycles. The van der Waals surface area contributed by atoms with Crippen molar-refractivity contribution in [3.8, 4) is 0 Å². The number of thiazole rings is 1. The van der Waals surface area contributed by atoms with Gasteiger partial charge in [-0.15, -0.1) is 11.3 Å². The summed E-state index contributed by atoms with van der Waals surface area (Å²) in [7, 11) is 1.70. The van der Waals surface area contributed by atoms with Crippen molar-refractivity contribution in [2.75, 3.05) is 19.1 Å². The molecule has 3 nitrogen and oxygen atoms in total. The maximum Gasteiger partial charge on any atom is 0.124 e. The molecule has 0 aliphatic rings. The second-order valence-electron chi connectivity index (χ2n) is 4.18. The van der Waals surface area contributed by atoms with Crippen molar-refractivity contribution in [2.24, 2.45) is 5.73 Å². The topological polar surface area (TPSA) is 48.1 Å². The van der Waals surface area contributed by atoms with Gasteiger partial charge in [-0.05, 0) is 32.3 Å². The third-order valence-electron chi connectivity index (χ3n) is 2.56. The third kappa shape index (κ3) is 3.45. The Balaban J connectivity index is 2.71. The van der Waals surface area contributed by atoms with Crippen LogP contribution in [0.5, 0.6) is 0 Å². The Morgan fingerprint density at radius 2 is 2.31 bits per heavy atom. The Hall–Kier alpha value is -0.100. The lowest BCUT2D eigenvalue weighted by Crippen LogP contribution is -2.20. The van der Waals surface area contributed by atoms with Gasteiger partial charge < -0.3 is 10.5 Å². The quantitative estimate of drug-likeness (QED) is 0.854. The normalized spacial score (nSPS) is 14.1. The second-order valence-corrected chi connectivity index (χ2v) is 6.02. The molecule has 0 amide bonds. The number of nitrogens with two attached hydrogens (primary N) is 1. The fourth-order valence-electron chi connectivity index (χ4n) is 1.21. The van der Waals surface area contributed by atoms with E-state index in [1.54, 1.807) is 18.4 Å². The number of ether oxygens (including phenoxy) is 1. The molecule has 1 atom stereocenters. The highest BCUT2D eigenvalue weighted by Crippen LogP contribution is 2.29. The van der Waals surface area contributed by atoms with Crippen LogP contribution in [0.25, 0.3) is 0 Å². The maximum atomic E-state index is 6.07. The van der Waals surface area contributed by atoms with Crippen molar-refractivity contribution < 1.29 is 4.74 Å². The van der Waals surface area contributed by atoms with Crippen molar-refractivity contribution in [1.82, 2.24) is 4.98 Å². The molecule has 1 aromatic rings. The summed E-state index contributed by atoms with van der Waals surface area (Å²) in [4.78, 5) is 4.56. The molecule has 2 N–H and O–H groups in total. The molecule has 0 fully saturated rings. The predicted octanol–water partition coefficient (Wildman–Crippen LogP) is 2.78. The highest BCUT2D eigenvalue weighted by Gasteiger charge is 2.24. The lowest BCUT2D eigenvalue weighted by Gasteiger charge is -2.19. The van der Waals surface area contributed by atoms with Crippen molar-refractivity contribution in [3.63, 3.8) is 0 Å². The van der Waals surface area contributed by atoms with E-state index in [-0.39, 0.29) is 11.6 Å². The Labute approximate surface area is 106 Å². The van der Waals surface area contributed by atoms with Gasteiger partial charge in [0.2, 0.25) is 0 Å². The number of methoxy groups -OCH3 is 1. The fourth-order valence-corrected chi connectivity index (χ4v) is 2.69. The number of aromatic nitrogens is 1. The molecule has 0 saturated carbocycles. The molecule has 1 heterocycles. The van der Waals surface area contributed by atoms with Crippen LogP contribution in [0.2, 0.25) is 0 Å². The van der Waals surface area contributed by atoms with E-state index in [9.17, 15) is 0 Å². The monoisotopic (exact) mass is 260 g/mol.